The SMILES string of the molecule is Cc1cccc(C(=O)NC2(C(F)(F)F)Nc3nc4ccccc4n3C2=O)c1. The Bertz CT molecular complexity index is 1090. The van der Waals surface area contributed by atoms with E-state index in [2.05, 4.69) is 10.3 Å². The summed E-state index contributed by atoms with van der Waals surface area (Å²) in [7, 11) is 0. The maximum atomic E-state index is 13.9. The molecule has 0 aliphatic carbocycles. The first-order valence-corrected chi connectivity index (χ1v) is 7.99. The Kier molecular flexibility index (Phi) is 3.52. The number of aromatic nitrogens is 2. The van der Waals surface area contributed by atoms with Crippen LogP contribution in [0.4, 0.5) is 19.1 Å². The molecule has 9 heteroatoms. The van der Waals surface area contributed by atoms with Gasteiger partial charge in [-0.15, -0.1) is 0 Å². The highest BCUT2D eigenvalue weighted by Gasteiger charge is 2.66. The van der Waals surface area contributed by atoms with Gasteiger partial charge < -0.3 is 10.6 Å². The Morgan fingerprint density at radius 2 is 1.93 bits per heavy atom. The zero-order valence-electron chi connectivity index (χ0n) is 14.0. The molecule has 2 heterocycles. The number of amides is 1. The second-order valence-electron chi connectivity index (χ2n) is 6.26. The summed E-state index contributed by atoms with van der Waals surface area (Å²) in [6.07, 6.45) is -5.09. The lowest BCUT2D eigenvalue weighted by atomic mass is 10.1. The Hall–Kier alpha value is -3.36. The molecule has 1 amide bonds. The largest absolute Gasteiger partial charge is 0.440 e. The van der Waals surface area contributed by atoms with Crippen LogP contribution in [0.5, 0.6) is 0 Å². The van der Waals surface area contributed by atoms with Crippen LogP contribution in [0, 0.1) is 6.92 Å². The maximum absolute atomic E-state index is 13.9. The van der Waals surface area contributed by atoms with Gasteiger partial charge in [-0.1, -0.05) is 29.8 Å². The van der Waals surface area contributed by atoms with E-state index in [9.17, 15) is 22.8 Å². The van der Waals surface area contributed by atoms with Gasteiger partial charge in [-0.3, -0.25) is 9.59 Å². The van der Waals surface area contributed by atoms with Crippen LogP contribution >= 0.6 is 0 Å². The molecular weight excluding hydrogens is 361 g/mol. The minimum absolute atomic E-state index is 0.0163. The summed E-state index contributed by atoms with van der Waals surface area (Å²) in [5.41, 5.74) is -1.98. The summed E-state index contributed by atoms with van der Waals surface area (Å²) >= 11 is 0. The molecule has 1 atom stereocenters. The van der Waals surface area contributed by atoms with E-state index in [0.29, 0.717) is 11.1 Å². The Morgan fingerprint density at radius 3 is 2.63 bits per heavy atom. The van der Waals surface area contributed by atoms with E-state index < -0.39 is 23.7 Å². The first-order valence-electron chi connectivity index (χ1n) is 7.99. The van der Waals surface area contributed by atoms with Crippen LogP contribution in [-0.4, -0.2) is 33.2 Å². The lowest BCUT2D eigenvalue weighted by Gasteiger charge is -2.30. The topological polar surface area (TPSA) is 76.0 Å². The average molecular weight is 374 g/mol. The van der Waals surface area contributed by atoms with Gasteiger partial charge in [0, 0.05) is 5.56 Å². The maximum Gasteiger partial charge on any atom is 0.440 e. The molecule has 0 bridgehead atoms. The lowest BCUT2D eigenvalue weighted by molar-refractivity contribution is -0.169. The number of alkyl halides is 3. The summed E-state index contributed by atoms with van der Waals surface area (Å²) in [6, 6.07) is 12.4. The van der Waals surface area contributed by atoms with Crippen molar-refractivity contribution in [3.63, 3.8) is 0 Å². The Morgan fingerprint density at radius 1 is 1.19 bits per heavy atom. The van der Waals surface area contributed by atoms with Crippen molar-refractivity contribution in [2.75, 3.05) is 5.32 Å². The lowest BCUT2D eigenvalue weighted by Crippen LogP contribution is -2.67. The van der Waals surface area contributed by atoms with Crippen LogP contribution in [0.3, 0.4) is 0 Å². The zero-order valence-corrected chi connectivity index (χ0v) is 14.0. The van der Waals surface area contributed by atoms with E-state index >= 15 is 0 Å². The van der Waals surface area contributed by atoms with Crippen molar-refractivity contribution in [1.82, 2.24) is 14.9 Å². The van der Waals surface area contributed by atoms with Gasteiger partial charge in [0.25, 0.3) is 17.5 Å². The van der Waals surface area contributed by atoms with Crippen molar-refractivity contribution in [2.45, 2.75) is 18.8 Å². The molecule has 0 spiro atoms. The molecule has 1 aromatic heterocycles. The molecule has 27 heavy (non-hydrogen) atoms. The van der Waals surface area contributed by atoms with Gasteiger partial charge in [-0.25, -0.2) is 9.55 Å². The summed E-state index contributed by atoms with van der Waals surface area (Å²) in [4.78, 5) is 29.3. The number of carbonyl (C=O) groups excluding carboxylic acids is 2. The van der Waals surface area contributed by atoms with Gasteiger partial charge in [0.1, 0.15) is 0 Å². The third-order valence-electron chi connectivity index (χ3n) is 4.39. The Balaban J connectivity index is 1.78. The van der Waals surface area contributed by atoms with Crippen LogP contribution < -0.4 is 10.6 Å². The fourth-order valence-electron chi connectivity index (χ4n) is 3.08. The summed E-state index contributed by atoms with van der Waals surface area (Å²) in [6.45, 7) is 1.71. The molecule has 2 aromatic carbocycles. The van der Waals surface area contributed by atoms with Gasteiger partial charge in [0.15, 0.2) is 0 Å². The third-order valence-corrected chi connectivity index (χ3v) is 4.39. The zero-order chi connectivity index (χ0) is 19.4. The number of fused-ring (bicyclic) bond motifs is 3. The fourth-order valence-corrected chi connectivity index (χ4v) is 3.08. The van der Waals surface area contributed by atoms with Crippen LogP contribution in [-0.2, 0) is 0 Å². The molecule has 0 fully saturated rings. The van der Waals surface area contributed by atoms with E-state index in [1.807, 2.05) is 5.32 Å². The van der Waals surface area contributed by atoms with Crippen LogP contribution in [0.1, 0.15) is 20.7 Å². The first kappa shape index (κ1) is 17.1. The molecule has 1 aliphatic heterocycles. The molecule has 0 saturated carbocycles. The van der Waals surface area contributed by atoms with Crippen molar-refractivity contribution in [2.24, 2.45) is 0 Å². The van der Waals surface area contributed by atoms with Crippen molar-refractivity contribution < 1.29 is 22.8 Å². The predicted octanol–water partition coefficient (Wildman–Crippen LogP) is 3.10. The van der Waals surface area contributed by atoms with E-state index in [1.165, 1.54) is 18.2 Å². The number of aryl methyl sites for hydroxylation is 1. The third kappa shape index (κ3) is 2.46. The molecule has 1 aliphatic rings. The van der Waals surface area contributed by atoms with Crippen LogP contribution in [0.15, 0.2) is 48.5 Å². The van der Waals surface area contributed by atoms with Crippen LogP contribution in [0.2, 0.25) is 0 Å². The second kappa shape index (κ2) is 5.57. The minimum Gasteiger partial charge on any atom is -0.317 e. The number of nitrogens with zero attached hydrogens (tertiary/aromatic N) is 2. The van der Waals surface area contributed by atoms with E-state index in [1.54, 1.807) is 37.3 Å². The second-order valence-corrected chi connectivity index (χ2v) is 6.26. The van der Waals surface area contributed by atoms with E-state index in [-0.39, 0.29) is 17.0 Å². The highest BCUT2D eigenvalue weighted by atomic mass is 19.4. The van der Waals surface area contributed by atoms with E-state index in [0.717, 1.165) is 4.57 Å². The number of carbonyl (C=O) groups is 2. The van der Waals surface area contributed by atoms with Crippen molar-refractivity contribution in [1.29, 1.82) is 0 Å². The number of hydrogen-bond acceptors (Lipinski definition) is 4. The van der Waals surface area contributed by atoms with Gasteiger partial charge in [0.05, 0.1) is 11.0 Å². The van der Waals surface area contributed by atoms with Gasteiger partial charge in [0.2, 0.25) is 5.95 Å². The molecule has 2 N–H and O–H groups in total. The van der Waals surface area contributed by atoms with Gasteiger partial charge >= 0.3 is 6.18 Å². The number of hydrogen-bond donors (Lipinski definition) is 2. The number of para-hydroxylation sites is 2. The van der Waals surface area contributed by atoms with Gasteiger partial charge in [-0.2, -0.15) is 13.2 Å². The van der Waals surface area contributed by atoms with Gasteiger partial charge in [-0.05, 0) is 31.2 Å². The number of rotatable bonds is 2. The molecule has 4 rings (SSSR count). The average Bonchev–Trinajstić information content (AvgIpc) is 3.09. The first-order chi connectivity index (χ1) is 12.7. The molecule has 1 unspecified atom stereocenters. The van der Waals surface area contributed by atoms with E-state index in [4.69, 9.17) is 0 Å². The smallest absolute Gasteiger partial charge is 0.317 e. The summed E-state index contributed by atoms with van der Waals surface area (Å²) in [5.74, 6) is -2.66. The number of nitrogens with one attached hydrogen (secondary N) is 2. The summed E-state index contributed by atoms with van der Waals surface area (Å²) in [5, 5.41) is 3.93. The highest BCUT2D eigenvalue weighted by molar-refractivity contribution is 6.08. The molecule has 138 valence electrons. The number of anilines is 1. The Labute approximate surface area is 151 Å². The minimum atomic E-state index is -5.09. The molecule has 3 aromatic rings. The quantitative estimate of drug-likeness (QED) is 0.723. The monoisotopic (exact) mass is 374 g/mol. The normalized spacial score (nSPS) is 19.0. The summed E-state index contributed by atoms with van der Waals surface area (Å²) < 4.78 is 42.6. The highest BCUT2D eigenvalue weighted by Crippen LogP contribution is 2.39. The van der Waals surface area contributed by atoms with Crippen molar-refractivity contribution in [3.05, 3.63) is 59.7 Å². The molecule has 0 radical (unpaired) electrons. The number of imidazole rings is 1. The predicted molar refractivity (Wildman–Crippen MR) is 91.4 cm³/mol. The molecular formula is C18H13F3N4O2. The van der Waals surface area contributed by atoms with Crippen LogP contribution in [0.25, 0.3) is 11.0 Å². The number of halogens is 3. The number of benzene rings is 2. The van der Waals surface area contributed by atoms with Crippen molar-refractivity contribution in [3.8, 4) is 0 Å². The molecule has 0 saturated heterocycles. The van der Waals surface area contributed by atoms with Crippen molar-refractivity contribution >= 4 is 28.8 Å². The standard InChI is InChI=1S/C18H13F3N4O2/c1-10-5-4-6-11(9-10)14(26)23-17(18(19,20)21)15(27)25-13-8-3-2-7-12(13)22-16(25)24-17/h2-9H,1H3,(H,22,24)(H,23,26). The fraction of sp³-hybridized carbons (Fsp3) is 0.167. The molecule has 6 nitrogen and oxygen atoms in total.